The Bertz CT molecular complexity index is 638. The highest BCUT2D eigenvalue weighted by atomic mass is 16.5. The smallest absolute Gasteiger partial charge is 0.314 e. The predicted molar refractivity (Wildman–Crippen MR) is 88.4 cm³/mol. The van der Waals surface area contributed by atoms with Crippen molar-refractivity contribution in [1.82, 2.24) is 15.8 Å². The van der Waals surface area contributed by atoms with Gasteiger partial charge in [0.2, 0.25) is 0 Å². The molecule has 0 atom stereocenters. The number of aromatic nitrogens is 1. The minimum absolute atomic E-state index is 0.157. The maximum atomic E-state index is 11.6. The SMILES string of the molecule is COc1cccc(-c2cc(CCNC(=O)NCC(C)C)no2)c1. The lowest BCUT2D eigenvalue weighted by molar-refractivity contribution is 0.239. The Labute approximate surface area is 136 Å². The highest BCUT2D eigenvalue weighted by Crippen LogP contribution is 2.24. The van der Waals surface area contributed by atoms with Crippen LogP contribution in [-0.2, 0) is 6.42 Å². The van der Waals surface area contributed by atoms with Crippen molar-refractivity contribution < 1.29 is 14.1 Å². The minimum atomic E-state index is -0.157. The monoisotopic (exact) mass is 317 g/mol. The van der Waals surface area contributed by atoms with Crippen LogP contribution in [0.5, 0.6) is 5.75 Å². The lowest BCUT2D eigenvalue weighted by Crippen LogP contribution is -2.38. The number of nitrogens with one attached hydrogen (secondary N) is 2. The largest absolute Gasteiger partial charge is 0.497 e. The van der Waals surface area contributed by atoms with E-state index in [0.717, 1.165) is 17.0 Å². The Hall–Kier alpha value is -2.50. The third kappa shape index (κ3) is 5.32. The number of carbonyl (C=O) groups is 1. The summed E-state index contributed by atoms with van der Waals surface area (Å²) < 4.78 is 10.6. The highest BCUT2D eigenvalue weighted by Gasteiger charge is 2.08. The zero-order chi connectivity index (χ0) is 16.7. The van der Waals surface area contributed by atoms with Gasteiger partial charge in [0, 0.05) is 31.1 Å². The summed E-state index contributed by atoms with van der Waals surface area (Å²) in [6.07, 6.45) is 0.614. The average molecular weight is 317 g/mol. The molecule has 1 heterocycles. The predicted octanol–water partition coefficient (Wildman–Crippen LogP) is 2.85. The van der Waals surface area contributed by atoms with Crippen LogP contribution in [0, 0.1) is 5.92 Å². The maximum absolute atomic E-state index is 11.6. The topological polar surface area (TPSA) is 76.4 Å². The minimum Gasteiger partial charge on any atom is -0.497 e. The van der Waals surface area contributed by atoms with Crippen LogP contribution in [0.25, 0.3) is 11.3 Å². The molecule has 0 spiro atoms. The molecule has 124 valence electrons. The Morgan fingerprint density at radius 2 is 2.13 bits per heavy atom. The summed E-state index contributed by atoms with van der Waals surface area (Å²) in [6.45, 7) is 5.27. The summed E-state index contributed by atoms with van der Waals surface area (Å²) in [4.78, 5) is 11.6. The summed E-state index contributed by atoms with van der Waals surface area (Å²) in [6, 6.07) is 9.32. The van der Waals surface area contributed by atoms with E-state index in [4.69, 9.17) is 9.26 Å². The fourth-order valence-corrected chi connectivity index (χ4v) is 2.01. The van der Waals surface area contributed by atoms with Gasteiger partial charge in [-0.15, -0.1) is 0 Å². The molecule has 0 radical (unpaired) electrons. The van der Waals surface area contributed by atoms with Crippen LogP contribution in [0.4, 0.5) is 4.79 Å². The first kappa shape index (κ1) is 16.9. The number of hydrogen-bond acceptors (Lipinski definition) is 4. The van der Waals surface area contributed by atoms with Crippen molar-refractivity contribution in [3.05, 3.63) is 36.0 Å². The van der Waals surface area contributed by atoms with E-state index in [1.807, 2.05) is 30.3 Å². The molecule has 23 heavy (non-hydrogen) atoms. The van der Waals surface area contributed by atoms with Gasteiger partial charge >= 0.3 is 6.03 Å². The zero-order valence-corrected chi connectivity index (χ0v) is 13.8. The van der Waals surface area contributed by atoms with Gasteiger partial charge in [-0.3, -0.25) is 0 Å². The number of rotatable bonds is 7. The second kappa shape index (κ2) is 8.22. The first-order valence-electron chi connectivity index (χ1n) is 7.70. The molecular weight excluding hydrogens is 294 g/mol. The first-order chi connectivity index (χ1) is 11.1. The molecular formula is C17H23N3O3. The number of nitrogens with zero attached hydrogens (tertiary/aromatic N) is 1. The molecule has 0 aliphatic heterocycles. The molecule has 2 aromatic rings. The number of amides is 2. The molecule has 0 bridgehead atoms. The second-order valence-electron chi connectivity index (χ2n) is 5.70. The van der Waals surface area contributed by atoms with Gasteiger partial charge in [0.05, 0.1) is 12.8 Å². The number of ether oxygens (including phenoxy) is 1. The van der Waals surface area contributed by atoms with Gasteiger partial charge in [0.15, 0.2) is 5.76 Å². The Morgan fingerprint density at radius 3 is 2.87 bits per heavy atom. The van der Waals surface area contributed by atoms with Crippen LogP contribution in [0.1, 0.15) is 19.5 Å². The van der Waals surface area contributed by atoms with E-state index in [9.17, 15) is 4.79 Å². The molecule has 1 aromatic carbocycles. The third-order valence-corrected chi connectivity index (χ3v) is 3.25. The number of methoxy groups -OCH3 is 1. The fraction of sp³-hybridized carbons (Fsp3) is 0.412. The van der Waals surface area contributed by atoms with E-state index in [-0.39, 0.29) is 6.03 Å². The van der Waals surface area contributed by atoms with Crippen molar-refractivity contribution in [3.63, 3.8) is 0 Å². The van der Waals surface area contributed by atoms with Crippen molar-refractivity contribution in [3.8, 4) is 17.1 Å². The normalized spacial score (nSPS) is 10.6. The van der Waals surface area contributed by atoms with Crippen molar-refractivity contribution in [2.24, 2.45) is 5.92 Å². The zero-order valence-electron chi connectivity index (χ0n) is 13.8. The van der Waals surface area contributed by atoms with Crippen LogP contribution in [0.2, 0.25) is 0 Å². The molecule has 2 rings (SSSR count). The van der Waals surface area contributed by atoms with E-state index in [1.54, 1.807) is 7.11 Å². The van der Waals surface area contributed by atoms with E-state index in [0.29, 0.717) is 31.2 Å². The number of urea groups is 1. The third-order valence-electron chi connectivity index (χ3n) is 3.25. The van der Waals surface area contributed by atoms with E-state index >= 15 is 0 Å². The molecule has 0 saturated carbocycles. The molecule has 0 unspecified atom stereocenters. The van der Waals surface area contributed by atoms with Crippen LogP contribution in [0.3, 0.4) is 0 Å². The Kier molecular flexibility index (Phi) is 6.02. The summed E-state index contributed by atoms with van der Waals surface area (Å²) in [5.74, 6) is 1.88. The Morgan fingerprint density at radius 1 is 1.30 bits per heavy atom. The van der Waals surface area contributed by atoms with Gasteiger partial charge in [-0.1, -0.05) is 31.1 Å². The van der Waals surface area contributed by atoms with E-state index in [1.165, 1.54) is 0 Å². The molecule has 2 amide bonds. The molecule has 0 fully saturated rings. The summed E-state index contributed by atoms with van der Waals surface area (Å²) >= 11 is 0. The van der Waals surface area contributed by atoms with Crippen molar-refractivity contribution >= 4 is 6.03 Å². The summed E-state index contributed by atoms with van der Waals surface area (Å²) in [5, 5.41) is 9.64. The van der Waals surface area contributed by atoms with Crippen LogP contribution in [-0.4, -0.2) is 31.4 Å². The maximum Gasteiger partial charge on any atom is 0.314 e. The number of benzene rings is 1. The van der Waals surface area contributed by atoms with Crippen LogP contribution < -0.4 is 15.4 Å². The molecule has 6 nitrogen and oxygen atoms in total. The van der Waals surface area contributed by atoms with Crippen LogP contribution in [0.15, 0.2) is 34.9 Å². The first-order valence-corrected chi connectivity index (χ1v) is 7.70. The summed E-state index contributed by atoms with van der Waals surface area (Å²) in [5.41, 5.74) is 1.71. The van der Waals surface area contributed by atoms with Gasteiger partial charge in [-0.05, 0) is 18.1 Å². The quantitative estimate of drug-likeness (QED) is 0.823. The van der Waals surface area contributed by atoms with Crippen LogP contribution >= 0.6 is 0 Å². The second-order valence-corrected chi connectivity index (χ2v) is 5.70. The molecule has 6 heteroatoms. The Balaban J connectivity index is 1.84. The standard InChI is InChI=1S/C17H23N3O3/c1-12(2)11-19-17(21)18-8-7-14-10-16(23-20-14)13-5-4-6-15(9-13)22-3/h4-6,9-10,12H,7-8,11H2,1-3H3,(H2,18,19,21). The highest BCUT2D eigenvalue weighted by molar-refractivity contribution is 5.73. The lowest BCUT2D eigenvalue weighted by atomic mass is 10.1. The number of carbonyl (C=O) groups excluding carboxylic acids is 1. The molecule has 1 aromatic heterocycles. The average Bonchev–Trinajstić information content (AvgIpc) is 3.02. The van der Waals surface area contributed by atoms with Gasteiger partial charge in [-0.2, -0.15) is 0 Å². The van der Waals surface area contributed by atoms with E-state index in [2.05, 4.69) is 29.6 Å². The molecule has 0 saturated heterocycles. The van der Waals surface area contributed by atoms with E-state index < -0.39 is 0 Å². The van der Waals surface area contributed by atoms with Crippen molar-refractivity contribution in [1.29, 1.82) is 0 Å². The fourth-order valence-electron chi connectivity index (χ4n) is 2.01. The van der Waals surface area contributed by atoms with Crippen molar-refractivity contribution in [2.75, 3.05) is 20.2 Å². The molecule has 2 N–H and O–H groups in total. The van der Waals surface area contributed by atoms with Gasteiger partial charge in [-0.25, -0.2) is 4.79 Å². The molecule has 0 aliphatic carbocycles. The van der Waals surface area contributed by atoms with Crippen molar-refractivity contribution in [2.45, 2.75) is 20.3 Å². The van der Waals surface area contributed by atoms with Gasteiger partial charge in [0.1, 0.15) is 5.75 Å². The molecule has 0 aliphatic rings. The number of hydrogen-bond donors (Lipinski definition) is 2. The van der Waals surface area contributed by atoms with Gasteiger partial charge < -0.3 is 19.9 Å². The lowest BCUT2D eigenvalue weighted by Gasteiger charge is -2.08. The summed E-state index contributed by atoms with van der Waals surface area (Å²) in [7, 11) is 1.63. The van der Waals surface area contributed by atoms with Gasteiger partial charge in [0.25, 0.3) is 0 Å².